The molecule has 1 saturated heterocycles. The van der Waals surface area contributed by atoms with Crippen molar-refractivity contribution in [3.05, 3.63) is 34.0 Å². The van der Waals surface area contributed by atoms with Crippen molar-refractivity contribution in [1.29, 1.82) is 0 Å². The van der Waals surface area contributed by atoms with Crippen LogP contribution < -0.4 is 0 Å². The molecule has 0 saturated carbocycles. The Bertz CT molecular complexity index is 661. The third kappa shape index (κ3) is 2.92. The molecule has 3 rings (SSSR count). The molecule has 1 aliphatic heterocycles. The van der Waals surface area contributed by atoms with E-state index in [9.17, 15) is 4.79 Å². The van der Waals surface area contributed by atoms with Crippen LogP contribution in [0.1, 0.15) is 66.4 Å². The van der Waals surface area contributed by atoms with Crippen LogP contribution >= 0.6 is 11.3 Å². The summed E-state index contributed by atoms with van der Waals surface area (Å²) in [5.41, 5.74) is 1.57. The van der Waals surface area contributed by atoms with Crippen molar-refractivity contribution in [3.8, 4) is 0 Å². The first-order valence-corrected chi connectivity index (χ1v) is 8.72. The van der Waals surface area contributed by atoms with Crippen molar-refractivity contribution < 1.29 is 4.79 Å². The Morgan fingerprint density at radius 1 is 1.41 bits per heavy atom. The first kappa shape index (κ1) is 15.2. The number of hydrogen-bond acceptors (Lipinski definition) is 4. The van der Waals surface area contributed by atoms with Crippen LogP contribution in [-0.2, 0) is 0 Å². The summed E-state index contributed by atoms with van der Waals surface area (Å²) in [6.45, 7) is 6.91. The van der Waals surface area contributed by atoms with Crippen LogP contribution in [0.5, 0.6) is 0 Å². The number of rotatable bonds is 3. The van der Waals surface area contributed by atoms with Gasteiger partial charge in [0.2, 0.25) is 0 Å². The van der Waals surface area contributed by atoms with Gasteiger partial charge in [0, 0.05) is 29.9 Å². The normalized spacial score (nSPS) is 18.9. The van der Waals surface area contributed by atoms with Gasteiger partial charge in [0.15, 0.2) is 0 Å². The van der Waals surface area contributed by atoms with Crippen LogP contribution in [-0.4, -0.2) is 32.1 Å². The van der Waals surface area contributed by atoms with Gasteiger partial charge in [0.05, 0.1) is 6.04 Å². The minimum atomic E-state index is 0.0250. The van der Waals surface area contributed by atoms with E-state index in [2.05, 4.69) is 29.3 Å². The third-order valence-electron chi connectivity index (χ3n) is 4.04. The molecule has 0 aromatic carbocycles. The van der Waals surface area contributed by atoms with E-state index in [0.717, 1.165) is 36.5 Å². The van der Waals surface area contributed by atoms with E-state index in [-0.39, 0.29) is 18.0 Å². The molecular formula is C16H22N4OS. The highest BCUT2D eigenvalue weighted by molar-refractivity contribution is 7.09. The van der Waals surface area contributed by atoms with E-state index in [1.54, 1.807) is 11.3 Å². The van der Waals surface area contributed by atoms with Crippen molar-refractivity contribution in [3.63, 3.8) is 0 Å². The summed E-state index contributed by atoms with van der Waals surface area (Å²) in [6.07, 6.45) is 5.07. The number of carbonyl (C=O) groups is 1. The maximum absolute atomic E-state index is 12.9. The van der Waals surface area contributed by atoms with Gasteiger partial charge in [-0.15, -0.1) is 11.3 Å². The minimum Gasteiger partial charge on any atom is -0.328 e. The summed E-state index contributed by atoms with van der Waals surface area (Å²) in [5.74, 6) is 0.0250. The predicted molar refractivity (Wildman–Crippen MR) is 87.1 cm³/mol. The molecule has 0 N–H and O–H groups in total. The van der Waals surface area contributed by atoms with E-state index in [1.165, 1.54) is 0 Å². The number of thiazole rings is 1. The Morgan fingerprint density at radius 3 is 2.86 bits per heavy atom. The zero-order valence-electron chi connectivity index (χ0n) is 13.3. The molecule has 1 atom stereocenters. The first-order valence-electron chi connectivity index (χ1n) is 7.84. The van der Waals surface area contributed by atoms with Gasteiger partial charge in [-0.1, -0.05) is 0 Å². The maximum atomic E-state index is 12.9. The van der Waals surface area contributed by atoms with Gasteiger partial charge in [0.25, 0.3) is 5.91 Å². The fraction of sp³-hybridized carbons (Fsp3) is 0.562. The van der Waals surface area contributed by atoms with Crippen LogP contribution in [0.2, 0.25) is 0 Å². The van der Waals surface area contributed by atoms with Gasteiger partial charge in [-0.05, 0) is 46.1 Å². The fourth-order valence-electron chi connectivity index (χ4n) is 2.84. The number of likely N-dealkylation sites (tertiary alicyclic amines) is 1. The molecule has 0 spiro atoms. The Labute approximate surface area is 135 Å². The van der Waals surface area contributed by atoms with Gasteiger partial charge >= 0.3 is 0 Å². The highest BCUT2D eigenvalue weighted by Gasteiger charge is 2.31. The molecule has 0 aliphatic carbocycles. The Morgan fingerprint density at radius 2 is 2.23 bits per heavy atom. The SMILES string of the molecule is Cc1csc([C@@H]2CCCCN2C(=O)c2ccn(C(C)C)n2)n1. The molecule has 0 unspecified atom stereocenters. The number of piperidine rings is 1. The molecule has 118 valence electrons. The second-order valence-electron chi connectivity index (χ2n) is 6.11. The lowest BCUT2D eigenvalue weighted by Gasteiger charge is -2.34. The van der Waals surface area contributed by atoms with Crippen LogP contribution in [0.25, 0.3) is 0 Å². The number of hydrogen-bond donors (Lipinski definition) is 0. The highest BCUT2D eigenvalue weighted by atomic mass is 32.1. The second-order valence-corrected chi connectivity index (χ2v) is 7.00. The molecule has 0 radical (unpaired) electrons. The summed E-state index contributed by atoms with van der Waals surface area (Å²) in [5, 5.41) is 7.53. The monoisotopic (exact) mass is 318 g/mol. The molecule has 0 bridgehead atoms. The number of carbonyl (C=O) groups excluding carboxylic acids is 1. The lowest BCUT2D eigenvalue weighted by atomic mass is 10.0. The van der Waals surface area contributed by atoms with Crippen LogP contribution in [0, 0.1) is 6.92 Å². The summed E-state index contributed by atoms with van der Waals surface area (Å²) >= 11 is 1.65. The fourth-order valence-corrected chi connectivity index (χ4v) is 3.79. The summed E-state index contributed by atoms with van der Waals surface area (Å²) in [4.78, 5) is 19.4. The molecule has 3 heterocycles. The molecule has 6 heteroatoms. The molecular weight excluding hydrogens is 296 g/mol. The van der Waals surface area contributed by atoms with Crippen LogP contribution in [0.3, 0.4) is 0 Å². The first-order chi connectivity index (χ1) is 10.6. The van der Waals surface area contributed by atoms with E-state index in [1.807, 2.05) is 28.8 Å². The number of aryl methyl sites for hydroxylation is 1. The maximum Gasteiger partial charge on any atom is 0.274 e. The van der Waals surface area contributed by atoms with Gasteiger partial charge in [-0.3, -0.25) is 9.48 Å². The predicted octanol–water partition coefficient (Wildman–Crippen LogP) is 3.60. The quantitative estimate of drug-likeness (QED) is 0.869. The average molecular weight is 318 g/mol. The van der Waals surface area contributed by atoms with Crippen molar-refractivity contribution in [1.82, 2.24) is 19.7 Å². The average Bonchev–Trinajstić information content (AvgIpc) is 3.15. The Kier molecular flexibility index (Phi) is 4.29. The van der Waals surface area contributed by atoms with Crippen molar-refractivity contribution in [2.45, 2.75) is 52.1 Å². The highest BCUT2D eigenvalue weighted by Crippen LogP contribution is 2.33. The lowest BCUT2D eigenvalue weighted by molar-refractivity contribution is 0.0604. The minimum absolute atomic E-state index is 0.0250. The van der Waals surface area contributed by atoms with Gasteiger partial charge in [0.1, 0.15) is 10.7 Å². The van der Waals surface area contributed by atoms with Gasteiger partial charge in [-0.25, -0.2) is 4.98 Å². The topological polar surface area (TPSA) is 51.0 Å². The number of nitrogens with zero attached hydrogens (tertiary/aromatic N) is 4. The van der Waals surface area contributed by atoms with Gasteiger partial charge in [-0.2, -0.15) is 5.10 Å². The molecule has 1 fully saturated rings. The van der Waals surface area contributed by atoms with Gasteiger partial charge < -0.3 is 4.90 Å². The molecule has 2 aromatic heterocycles. The smallest absolute Gasteiger partial charge is 0.274 e. The summed E-state index contributed by atoms with van der Waals surface area (Å²) in [7, 11) is 0. The zero-order valence-corrected chi connectivity index (χ0v) is 14.1. The third-order valence-corrected chi connectivity index (χ3v) is 5.11. The van der Waals surface area contributed by atoms with E-state index in [0.29, 0.717) is 5.69 Å². The molecule has 22 heavy (non-hydrogen) atoms. The molecule has 1 aliphatic rings. The molecule has 5 nitrogen and oxygen atoms in total. The van der Waals surface area contributed by atoms with Crippen molar-refractivity contribution in [2.24, 2.45) is 0 Å². The molecule has 1 amide bonds. The van der Waals surface area contributed by atoms with Crippen molar-refractivity contribution in [2.75, 3.05) is 6.54 Å². The van der Waals surface area contributed by atoms with Crippen molar-refractivity contribution >= 4 is 17.2 Å². The number of amides is 1. The Balaban J connectivity index is 1.84. The van der Waals surface area contributed by atoms with Crippen LogP contribution in [0.15, 0.2) is 17.6 Å². The standard InChI is InChI=1S/C16H22N4OS/c1-11(2)20-9-7-13(18-20)16(21)19-8-5-4-6-14(19)15-17-12(3)10-22-15/h7,9-11,14H,4-6,8H2,1-3H3/t14-/m0/s1. The van der Waals surface area contributed by atoms with E-state index < -0.39 is 0 Å². The number of aromatic nitrogens is 3. The Hall–Kier alpha value is -1.69. The van der Waals surface area contributed by atoms with E-state index >= 15 is 0 Å². The van der Waals surface area contributed by atoms with Crippen LogP contribution in [0.4, 0.5) is 0 Å². The zero-order chi connectivity index (χ0) is 15.7. The molecule has 2 aromatic rings. The summed E-state index contributed by atoms with van der Waals surface area (Å²) < 4.78 is 1.83. The largest absolute Gasteiger partial charge is 0.328 e. The lowest BCUT2D eigenvalue weighted by Crippen LogP contribution is -2.38. The second kappa shape index (κ2) is 6.20. The summed E-state index contributed by atoms with van der Waals surface area (Å²) in [6, 6.07) is 2.19. The van der Waals surface area contributed by atoms with E-state index in [4.69, 9.17) is 0 Å².